The Morgan fingerprint density at radius 2 is 1.93 bits per heavy atom. The summed E-state index contributed by atoms with van der Waals surface area (Å²) in [6.45, 7) is 2.02. The number of unbranched alkanes of at least 4 members (excludes halogenated alkanes) is 1. The van der Waals surface area contributed by atoms with E-state index < -0.39 is 4.92 Å². The Labute approximate surface area is 88.1 Å². The van der Waals surface area contributed by atoms with Crippen molar-refractivity contribution < 1.29 is 9.72 Å². The first kappa shape index (κ1) is 11.4. The summed E-state index contributed by atoms with van der Waals surface area (Å²) >= 11 is 0. The van der Waals surface area contributed by atoms with E-state index in [0.717, 1.165) is 12.8 Å². The smallest absolute Gasteiger partial charge is 0.269 e. The highest BCUT2D eigenvalue weighted by Crippen LogP contribution is 2.13. The lowest BCUT2D eigenvalue weighted by atomic mass is 10.1. The third kappa shape index (κ3) is 3.16. The number of hydrogen-bond donors (Lipinski definition) is 0. The van der Waals surface area contributed by atoms with E-state index in [1.54, 1.807) is 0 Å². The summed E-state index contributed by atoms with van der Waals surface area (Å²) in [5.41, 5.74) is 0.566. The minimum Gasteiger partial charge on any atom is -0.294 e. The molecule has 4 heteroatoms. The molecule has 15 heavy (non-hydrogen) atoms. The second-order valence-corrected chi connectivity index (χ2v) is 3.33. The van der Waals surface area contributed by atoms with Gasteiger partial charge in [-0.25, -0.2) is 0 Å². The van der Waals surface area contributed by atoms with E-state index in [-0.39, 0.29) is 11.5 Å². The van der Waals surface area contributed by atoms with Crippen molar-refractivity contribution in [3.05, 3.63) is 39.9 Å². The Morgan fingerprint density at radius 3 is 2.40 bits per heavy atom. The molecule has 1 aromatic carbocycles. The van der Waals surface area contributed by atoms with Crippen LogP contribution in [0.25, 0.3) is 0 Å². The largest absolute Gasteiger partial charge is 0.294 e. The molecule has 1 rings (SSSR count). The van der Waals surface area contributed by atoms with Crippen LogP contribution < -0.4 is 0 Å². The SMILES string of the molecule is CCCCC(=O)c1ccc([N+](=O)[O-])cc1. The van der Waals surface area contributed by atoms with Crippen molar-refractivity contribution in [2.24, 2.45) is 0 Å². The van der Waals surface area contributed by atoms with Gasteiger partial charge in [0.05, 0.1) is 4.92 Å². The zero-order valence-electron chi connectivity index (χ0n) is 8.60. The third-order valence-corrected chi connectivity index (χ3v) is 2.16. The first-order valence-corrected chi connectivity index (χ1v) is 4.92. The van der Waals surface area contributed by atoms with Gasteiger partial charge in [0.15, 0.2) is 5.78 Å². The number of benzene rings is 1. The van der Waals surface area contributed by atoms with Gasteiger partial charge in [-0.05, 0) is 18.6 Å². The number of nitro groups is 1. The zero-order chi connectivity index (χ0) is 11.3. The van der Waals surface area contributed by atoms with Gasteiger partial charge in [-0.15, -0.1) is 0 Å². The number of Topliss-reactive ketones (excluding diaryl/α,β-unsaturated/α-hetero) is 1. The van der Waals surface area contributed by atoms with Gasteiger partial charge in [0.25, 0.3) is 5.69 Å². The van der Waals surface area contributed by atoms with Gasteiger partial charge in [-0.1, -0.05) is 13.3 Å². The lowest BCUT2D eigenvalue weighted by Gasteiger charge is -1.99. The summed E-state index contributed by atoms with van der Waals surface area (Å²) in [6, 6.07) is 5.74. The van der Waals surface area contributed by atoms with Crippen LogP contribution >= 0.6 is 0 Å². The molecule has 0 spiro atoms. The van der Waals surface area contributed by atoms with Crippen LogP contribution in [0, 0.1) is 10.1 Å². The monoisotopic (exact) mass is 207 g/mol. The normalized spacial score (nSPS) is 9.93. The number of carbonyl (C=O) groups excluding carboxylic acids is 1. The zero-order valence-corrected chi connectivity index (χ0v) is 8.60. The average Bonchev–Trinajstić information content (AvgIpc) is 2.26. The van der Waals surface area contributed by atoms with Gasteiger partial charge >= 0.3 is 0 Å². The molecule has 0 saturated carbocycles. The quantitative estimate of drug-likeness (QED) is 0.423. The third-order valence-electron chi connectivity index (χ3n) is 2.16. The van der Waals surface area contributed by atoms with Crippen molar-refractivity contribution in [2.75, 3.05) is 0 Å². The van der Waals surface area contributed by atoms with Gasteiger partial charge in [0, 0.05) is 24.1 Å². The number of nitro benzene ring substituents is 1. The molecule has 0 bridgehead atoms. The second-order valence-electron chi connectivity index (χ2n) is 3.33. The Kier molecular flexibility index (Phi) is 3.97. The van der Waals surface area contributed by atoms with Crippen LogP contribution in [-0.4, -0.2) is 10.7 Å². The molecule has 0 N–H and O–H groups in total. The van der Waals surface area contributed by atoms with E-state index in [1.807, 2.05) is 6.92 Å². The highest BCUT2D eigenvalue weighted by atomic mass is 16.6. The van der Waals surface area contributed by atoms with E-state index in [9.17, 15) is 14.9 Å². The van der Waals surface area contributed by atoms with Crippen molar-refractivity contribution in [2.45, 2.75) is 26.2 Å². The number of rotatable bonds is 5. The van der Waals surface area contributed by atoms with Gasteiger partial charge in [0.1, 0.15) is 0 Å². The average molecular weight is 207 g/mol. The summed E-state index contributed by atoms with van der Waals surface area (Å²) in [4.78, 5) is 21.4. The highest BCUT2D eigenvalue weighted by Gasteiger charge is 2.08. The number of nitrogens with zero attached hydrogens (tertiary/aromatic N) is 1. The standard InChI is InChI=1S/C11H13NO3/c1-2-3-4-11(13)9-5-7-10(8-6-9)12(14)15/h5-8H,2-4H2,1H3. The topological polar surface area (TPSA) is 60.2 Å². The molecule has 0 heterocycles. The summed E-state index contributed by atoms with van der Waals surface area (Å²) in [5, 5.41) is 10.4. The Morgan fingerprint density at radius 1 is 1.33 bits per heavy atom. The number of hydrogen-bond acceptors (Lipinski definition) is 3. The maximum absolute atomic E-state index is 11.5. The van der Waals surface area contributed by atoms with Crippen LogP contribution in [-0.2, 0) is 0 Å². The van der Waals surface area contributed by atoms with Crippen molar-refractivity contribution >= 4 is 11.5 Å². The van der Waals surface area contributed by atoms with Crippen LogP contribution in [0.5, 0.6) is 0 Å². The molecular formula is C11H13NO3. The molecule has 0 aliphatic heterocycles. The molecule has 80 valence electrons. The van der Waals surface area contributed by atoms with Crippen molar-refractivity contribution in [1.29, 1.82) is 0 Å². The molecule has 0 aliphatic carbocycles. The van der Waals surface area contributed by atoms with Gasteiger partial charge < -0.3 is 0 Å². The summed E-state index contributed by atoms with van der Waals surface area (Å²) < 4.78 is 0. The van der Waals surface area contributed by atoms with Crippen LogP contribution in [0.4, 0.5) is 5.69 Å². The number of non-ortho nitro benzene ring substituents is 1. The fraction of sp³-hybridized carbons (Fsp3) is 0.364. The first-order chi connectivity index (χ1) is 7.15. The Hall–Kier alpha value is -1.71. The predicted molar refractivity (Wildman–Crippen MR) is 57.0 cm³/mol. The highest BCUT2D eigenvalue weighted by molar-refractivity contribution is 5.96. The summed E-state index contributed by atoms with van der Waals surface area (Å²) in [5.74, 6) is 0.0479. The lowest BCUT2D eigenvalue weighted by Crippen LogP contribution is -1.98. The molecule has 0 radical (unpaired) electrons. The van der Waals surface area contributed by atoms with E-state index in [1.165, 1.54) is 24.3 Å². The molecule has 0 saturated heterocycles. The van der Waals surface area contributed by atoms with E-state index in [0.29, 0.717) is 12.0 Å². The van der Waals surface area contributed by atoms with Crippen molar-refractivity contribution in [3.8, 4) is 0 Å². The Bertz CT molecular complexity index is 357. The van der Waals surface area contributed by atoms with E-state index in [2.05, 4.69) is 0 Å². The van der Waals surface area contributed by atoms with E-state index in [4.69, 9.17) is 0 Å². The van der Waals surface area contributed by atoms with Gasteiger partial charge in [0.2, 0.25) is 0 Å². The molecule has 4 nitrogen and oxygen atoms in total. The Balaban J connectivity index is 2.71. The first-order valence-electron chi connectivity index (χ1n) is 4.92. The minimum atomic E-state index is -0.472. The lowest BCUT2D eigenvalue weighted by molar-refractivity contribution is -0.384. The molecule has 0 amide bonds. The summed E-state index contributed by atoms with van der Waals surface area (Å²) in [6.07, 6.45) is 2.34. The maximum Gasteiger partial charge on any atom is 0.269 e. The molecule has 0 fully saturated rings. The number of ketones is 1. The second kappa shape index (κ2) is 5.24. The molecule has 0 aromatic heterocycles. The summed E-state index contributed by atoms with van der Waals surface area (Å²) in [7, 11) is 0. The van der Waals surface area contributed by atoms with Crippen LogP contribution in [0.15, 0.2) is 24.3 Å². The minimum absolute atomic E-state index is 0.0158. The molecular weight excluding hydrogens is 194 g/mol. The fourth-order valence-electron chi connectivity index (χ4n) is 1.25. The molecule has 0 unspecified atom stereocenters. The number of carbonyl (C=O) groups is 1. The van der Waals surface area contributed by atoms with Crippen LogP contribution in [0.3, 0.4) is 0 Å². The van der Waals surface area contributed by atoms with Crippen LogP contribution in [0.1, 0.15) is 36.5 Å². The molecule has 0 atom stereocenters. The van der Waals surface area contributed by atoms with Gasteiger partial charge in [-0.2, -0.15) is 0 Å². The fourth-order valence-corrected chi connectivity index (χ4v) is 1.25. The van der Waals surface area contributed by atoms with Crippen molar-refractivity contribution in [1.82, 2.24) is 0 Å². The van der Waals surface area contributed by atoms with E-state index >= 15 is 0 Å². The predicted octanol–water partition coefficient (Wildman–Crippen LogP) is 2.97. The van der Waals surface area contributed by atoms with Gasteiger partial charge in [-0.3, -0.25) is 14.9 Å². The van der Waals surface area contributed by atoms with Crippen molar-refractivity contribution in [3.63, 3.8) is 0 Å². The molecule has 0 aliphatic rings. The molecule has 1 aromatic rings. The maximum atomic E-state index is 11.5. The van der Waals surface area contributed by atoms with Crippen LogP contribution in [0.2, 0.25) is 0 Å².